The molecular formula is C8H7N3O3. The van der Waals surface area contributed by atoms with Crippen molar-refractivity contribution >= 4 is 11.0 Å². The molecule has 0 spiro atoms. The van der Waals surface area contributed by atoms with Gasteiger partial charge in [0.1, 0.15) is 0 Å². The fourth-order valence-corrected chi connectivity index (χ4v) is 1.23. The first kappa shape index (κ1) is 8.49. The molecule has 0 unspecified atom stereocenters. The van der Waals surface area contributed by atoms with Crippen LogP contribution in [0, 0.1) is 5.21 Å². The molecule has 0 amide bonds. The van der Waals surface area contributed by atoms with Gasteiger partial charge in [-0.15, -0.1) is 0 Å². The maximum Gasteiger partial charge on any atom is 0.395 e. The second-order valence-electron chi connectivity index (χ2n) is 2.65. The zero-order chi connectivity index (χ0) is 10.1. The fraction of sp³-hybridized carbons (Fsp3) is 0.125. The minimum atomic E-state index is -0.697. The van der Waals surface area contributed by atoms with E-state index >= 15 is 0 Å². The standard InChI is InChI=1S/C8H7N3O3/c1-14-6-4-2-3-5-7(6)9-8(12)10-11(5)13/h2-4H,1H3,(H,9,10,12). The molecule has 0 aliphatic rings. The highest BCUT2D eigenvalue weighted by molar-refractivity contribution is 5.77. The van der Waals surface area contributed by atoms with Crippen LogP contribution in [-0.2, 0) is 0 Å². The summed E-state index contributed by atoms with van der Waals surface area (Å²) in [5.74, 6) is 0.401. The summed E-state index contributed by atoms with van der Waals surface area (Å²) in [4.78, 5) is 14.9. The molecule has 1 heterocycles. The highest BCUT2D eigenvalue weighted by Crippen LogP contribution is 2.18. The SMILES string of the molecule is COc1cccc2c1nc(=O)[nH][n+]2[O-]. The van der Waals surface area contributed by atoms with E-state index in [9.17, 15) is 10.0 Å². The minimum Gasteiger partial charge on any atom is -0.595 e. The molecule has 1 aromatic heterocycles. The van der Waals surface area contributed by atoms with Gasteiger partial charge in [-0.05, 0) is 6.07 Å². The lowest BCUT2D eigenvalue weighted by atomic mass is 10.3. The number of hydrogen-bond donors (Lipinski definition) is 1. The molecule has 0 aliphatic carbocycles. The summed E-state index contributed by atoms with van der Waals surface area (Å²) in [5.41, 5.74) is -0.172. The lowest BCUT2D eigenvalue weighted by Crippen LogP contribution is -2.39. The third kappa shape index (κ3) is 1.17. The lowest BCUT2D eigenvalue weighted by Gasteiger charge is -2.02. The zero-order valence-electron chi connectivity index (χ0n) is 7.35. The van der Waals surface area contributed by atoms with Crippen molar-refractivity contribution in [3.8, 4) is 5.75 Å². The Kier molecular flexibility index (Phi) is 1.81. The van der Waals surface area contributed by atoms with Crippen LogP contribution in [0.5, 0.6) is 5.75 Å². The summed E-state index contributed by atoms with van der Waals surface area (Å²) in [5, 5.41) is 13.2. The second-order valence-corrected chi connectivity index (χ2v) is 2.65. The number of hydrogen-bond acceptors (Lipinski definition) is 4. The number of methoxy groups -OCH3 is 1. The molecule has 0 atom stereocenters. The lowest BCUT2D eigenvalue weighted by molar-refractivity contribution is -0.644. The van der Waals surface area contributed by atoms with E-state index in [0.29, 0.717) is 10.6 Å². The summed E-state index contributed by atoms with van der Waals surface area (Å²) in [6, 6.07) is 4.83. The number of aromatic amines is 1. The Bertz CT molecular complexity index is 535. The summed E-state index contributed by atoms with van der Waals surface area (Å²) in [6.45, 7) is 0. The van der Waals surface area contributed by atoms with Gasteiger partial charge in [-0.1, -0.05) is 16.0 Å². The number of nitrogens with one attached hydrogen (secondary N) is 1. The second kappa shape index (κ2) is 2.99. The summed E-state index contributed by atoms with van der Waals surface area (Å²) in [6.07, 6.45) is 0. The van der Waals surface area contributed by atoms with Gasteiger partial charge in [0.05, 0.1) is 7.11 Å². The average Bonchev–Trinajstić information content (AvgIpc) is 2.17. The molecule has 1 N–H and O–H groups in total. The van der Waals surface area contributed by atoms with Gasteiger partial charge in [0.2, 0.25) is 0 Å². The van der Waals surface area contributed by atoms with E-state index in [1.165, 1.54) is 7.11 Å². The molecule has 6 nitrogen and oxygen atoms in total. The molecule has 0 radical (unpaired) electrons. The van der Waals surface area contributed by atoms with E-state index in [2.05, 4.69) is 4.98 Å². The molecule has 0 aliphatic heterocycles. The van der Waals surface area contributed by atoms with Gasteiger partial charge in [-0.25, -0.2) is 4.79 Å². The maximum absolute atomic E-state index is 11.2. The number of nitrogens with zero attached hydrogens (tertiary/aromatic N) is 2. The fourth-order valence-electron chi connectivity index (χ4n) is 1.23. The highest BCUT2D eigenvalue weighted by Gasteiger charge is 2.10. The Morgan fingerprint density at radius 1 is 1.57 bits per heavy atom. The van der Waals surface area contributed by atoms with Crippen LogP contribution in [-0.4, -0.2) is 17.2 Å². The number of fused-ring (bicyclic) bond motifs is 1. The number of benzene rings is 1. The van der Waals surface area contributed by atoms with Gasteiger partial charge in [0.25, 0.3) is 5.52 Å². The Balaban J connectivity index is 2.93. The smallest absolute Gasteiger partial charge is 0.395 e. The van der Waals surface area contributed by atoms with E-state index in [1.54, 1.807) is 18.2 Å². The summed E-state index contributed by atoms with van der Waals surface area (Å²) < 4.78 is 4.97. The van der Waals surface area contributed by atoms with E-state index < -0.39 is 5.69 Å². The first-order valence-corrected chi connectivity index (χ1v) is 3.89. The largest absolute Gasteiger partial charge is 0.595 e. The molecule has 2 rings (SSSR count). The van der Waals surface area contributed by atoms with Crippen molar-refractivity contribution in [2.75, 3.05) is 7.11 Å². The molecule has 0 bridgehead atoms. The van der Waals surface area contributed by atoms with Crippen molar-refractivity contribution in [2.45, 2.75) is 0 Å². The van der Waals surface area contributed by atoms with Crippen LogP contribution < -0.4 is 15.3 Å². The molecule has 6 heteroatoms. The van der Waals surface area contributed by atoms with Crippen molar-refractivity contribution in [3.05, 3.63) is 33.9 Å². The van der Waals surface area contributed by atoms with Gasteiger partial charge < -0.3 is 9.94 Å². The van der Waals surface area contributed by atoms with Gasteiger partial charge in [-0.3, -0.25) is 0 Å². The van der Waals surface area contributed by atoms with Crippen molar-refractivity contribution in [3.63, 3.8) is 0 Å². The number of aromatic nitrogens is 3. The molecule has 0 saturated heterocycles. The van der Waals surface area contributed by atoms with Gasteiger partial charge >= 0.3 is 5.69 Å². The van der Waals surface area contributed by atoms with Crippen LogP contribution >= 0.6 is 0 Å². The zero-order valence-corrected chi connectivity index (χ0v) is 7.35. The normalized spacial score (nSPS) is 10.4. The first-order chi connectivity index (χ1) is 6.72. The highest BCUT2D eigenvalue weighted by atomic mass is 16.5. The number of rotatable bonds is 1. The Labute approximate surface area is 78.3 Å². The van der Waals surface area contributed by atoms with E-state index in [0.717, 1.165) is 0 Å². The van der Waals surface area contributed by atoms with Crippen LogP contribution in [0.3, 0.4) is 0 Å². The van der Waals surface area contributed by atoms with Crippen molar-refractivity contribution in [2.24, 2.45) is 0 Å². The topological polar surface area (TPSA) is 81.9 Å². The Hall–Kier alpha value is -2.11. The number of ether oxygens (including phenoxy) is 1. The maximum atomic E-state index is 11.2. The van der Waals surface area contributed by atoms with Crippen LogP contribution in [0.25, 0.3) is 11.0 Å². The molecule has 1 aromatic carbocycles. The van der Waals surface area contributed by atoms with Gasteiger partial charge in [0, 0.05) is 6.07 Å². The van der Waals surface area contributed by atoms with Crippen LogP contribution in [0.4, 0.5) is 0 Å². The number of H-pyrrole nitrogens is 1. The molecule has 0 fully saturated rings. The average molecular weight is 193 g/mol. The van der Waals surface area contributed by atoms with Crippen LogP contribution in [0.1, 0.15) is 0 Å². The van der Waals surface area contributed by atoms with Gasteiger partial charge in [0.15, 0.2) is 11.3 Å². The third-order valence-corrected chi connectivity index (χ3v) is 1.83. The van der Waals surface area contributed by atoms with E-state index in [-0.39, 0.29) is 11.0 Å². The number of para-hydroxylation sites is 1. The predicted octanol–water partition coefficient (Wildman–Crippen LogP) is -0.435. The molecule has 2 aromatic rings. The summed E-state index contributed by atoms with van der Waals surface area (Å²) >= 11 is 0. The first-order valence-electron chi connectivity index (χ1n) is 3.89. The molecule has 14 heavy (non-hydrogen) atoms. The van der Waals surface area contributed by atoms with E-state index in [4.69, 9.17) is 4.74 Å². The molecule has 0 saturated carbocycles. The Morgan fingerprint density at radius 3 is 3.07 bits per heavy atom. The van der Waals surface area contributed by atoms with Crippen molar-refractivity contribution < 1.29 is 9.58 Å². The molecule has 72 valence electrons. The quantitative estimate of drug-likeness (QED) is 0.492. The van der Waals surface area contributed by atoms with Crippen LogP contribution in [0.2, 0.25) is 0 Å². The van der Waals surface area contributed by atoms with Crippen LogP contribution in [0.15, 0.2) is 23.0 Å². The monoisotopic (exact) mass is 193 g/mol. The van der Waals surface area contributed by atoms with Gasteiger partial charge in [-0.2, -0.15) is 4.98 Å². The van der Waals surface area contributed by atoms with E-state index in [1.807, 2.05) is 5.10 Å². The Morgan fingerprint density at radius 2 is 2.36 bits per heavy atom. The van der Waals surface area contributed by atoms with Crippen molar-refractivity contribution in [1.29, 1.82) is 0 Å². The minimum absolute atomic E-state index is 0.258. The summed E-state index contributed by atoms with van der Waals surface area (Å²) in [7, 11) is 1.45. The molecular weight excluding hydrogens is 186 g/mol. The third-order valence-electron chi connectivity index (χ3n) is 1.83. The van der Waals surface area contributed by atoms with Crippen molar-refractivity contribution in [1.82, 2.24) is 10.1 Å². The predicted molar refractivity (Wildman–Crippen MR) is 47.9 cm³/mol.